The SMILES string of the molecule is CC(C)(N)CC(O)c1ccccc1F. The van der Waals surface area contributed by atoms with E-state index in [4.69, 9.17) is 5.73 Å². The predicted molar refractivity (Wildman–Crippen MR) is 54.2 cm³/mol. The average Bonchev–Trinajstić information content (AvgIpc) is 2.01. The van der Waals surface area contributed by atoms with Crippen molar-refractivity contribution >= 4 is 0 Å². The highest BCUT2D eigenvalue weighted by Gasteiger charge is 2.20. The zero-order valence-corrected chi connectivity index (χ0v) is 8.50. The highest BCUT2D eigenvalue weighted by molar-refractivity contribution is 5.20. The zero-order valence-electron chi connectivity index (χ0n) is 8.50. The minimum Gasteiger partial charge on any atom is -0.388 e. The van der Waals surface area contributed by atoms with Crippen molar-refractivity contribution in [2.75, 3.05) is 0 Å². The van der Waals surface area contributed by atoms with Crippen molar-refractivity contribution in [2.45, 2.75) is 31.9 Å². The van der Waals surface area contributed by atoms with Gasteiger partial charge in [0.05, 0.1) is 6.10 Å². The van der Waals surface area contributed by atoms with Crippen molar-refractivity contribution in [3.05, 3.63) is 35.6 Å². The molecule has 0 bridgehead atoms. The molecule has 78 valence electrons. The van der Waals surface area contributed by atoms with Gasteiger partial charge in [-0.3, -0.25) is 0 Å². The van der Waals surface area contributed by atoms with Crippen molar-refractivity contribution in [2.24, 2.45) is 5.73 Å². The second-order valence-corrected chi connectivity index (χ2v) is 4.23. The molecule has 0 heterocycles. The Balaban J connectivity index is 2.80. The van der Waals surface area contributed by atoms with E-state index in [1.165, 1.54) is 6.07 Å². The van der Waals surface area contributed by atoms with Crippen LogP contribution in [-0.4, -0.2) is 10.6 Å². The molecule has 0 spiro atoms. The number of halogens is 1. The first-order valence-electron chi connectivity index (χ1n) is 4.61. The minimum atomic E-state index is -0.837. The van der Waals surface area contributed by atoms with Crippen molar-refractivity contribution in [1.29, 1.82) is 0 Å². The first-order chi connectivity index (χ1) is 6.40. The molecule has 1 atom stereocenters. The fraction of sp³-hybridized carbons (Fsp3) is 0.455. The van der Waals surface area contributed by atoms with Crippen LogP contribution in [-0.2, 0) is 0 Å². The van der Waals surface area contributed by atoms with E-state index in [1.807, 2.05) is 0 Å². The maximum absolute atomic E-state index is 13.2. The number of hydrogen-bond donors (Lipinski definition) is 2. The third-order valence-corrected chi connectivity index (χ3v) is 1.98. The van der Waals surface area contributed by atoms with Crippen molar-refractivity contribution < 1.29 is 9.50 Å². The Morgan fingerprint density at radius 2 is 2.00 bits per heavy atom. The van der Waals surface area contributed by atoms with Gasteiger partial charge in [0.2, 0.25) is 0 Å². The fourth-order valence-electron chi connectivity index (χ4n) is 1.35. The van der Waals surface area contributed by atoms with E-state index in [1.54, 1.807) is 32.0 Å². The number of nitrogens with two attached hydrogens (primary N) is 1. The Hall–Kier alpha value is -0.930. The van der Waals surface area contributed by atoms with Gasteiger partial charge in [0, 0.05) is 11.1 Å². The molecule has 0 aliphatic rings. The van der Waals surface area contributed by atoms with Gasteiger partial charge in [-0.2, -0.15) is 0 Å². The van der Waals surface area contributed by atoms with Gasteiger partial charge < -0.3 is 10.8 Å². The average molecular weight is 197 g/mol. The smallest absolute Gasteiger partial charge is 0.128 e. The second kappa shape index (κ2) is 4.07. The summed E-state index contributed by atoms with van der Waals surface area (Å²) in [5.74, 6) is -0.385. The van der Waals surface area contributed by atoms with Crippen LogP contribution in [0.4, 0.5) is 4.39 Å². The van der Waals surface area contributed by atoms with Crippen molar-refractivity contribution in [1.82, 2.24) is 0 Å². The van der Waals surface area contributed by atoms with Crippen LogP contribution in [0.2, 0.25) is 0 Å². The minimum absolute atomic E-state index is 0.311. The molecule has 1 unspecified atom stereocenters. The lowest BCUT2D eigenvalue weighted by Crippen LogP contribution is -2.34. The van der Waals surface area contributed by atoms with Gasteiger partial charge in [0.25, 0.3) is 0 Å². The number of aliphatic hydroxyl groups is 1. The quantitative estimate of drug-likeness (QED) is 0.778. The van der Waals surface area contributed by atoms with Gasteiger partial charge in [-0.1, -0.05) is 18.2 Å². The van der Waals surface area contributed by atoms with Crippen LogP contribution in [0.3, 0.4) is 0 Å². The van der Waals surface area contributed by atoms with Crippen LogP contribution in [0, 0.1) is 5.82 Å². The van der Waals surface area contributed by atoms with Gasteiger partial charge in [-0.15, -0.1) is 0 Å². The molecule has 0 aliphatic heterocycles. The molecule has 1 aromatic rings. The summed E-state index contributed by atoms with van der Waals surface area (Å²) < 4.78 is 13.2. The maximum atomic E-state index is 13.2. The van der Waals surface area contributed by atoms with E-state index < -0.39 is 11.6 Å². The van der Waals surface area contributed by atoms with Crippen molar-refractivity contribution in [3.63, 3.8) is 0 Å². The molecule has 1 aromatic carbocycles. The molecule has 0 saturated carbocycles. The standard InChI is InChI=1S/C11H16FNO/c1-11(2,13)7-10(14)8-5-3-4-6-9(8)12/h3-6,10,14H,7,13H2,1-2H3. The Kier molecular flexibility index (Phi) is 3.24. The van der Waals surface area contributed by atoms with Crippen LogP contribution in [0.25, 0.3) is 0 Å². The number of benzene rings is 1. The van der Waals surface area contributed by atoms with Crippen LogP contribution < -0.4 is 5.73 Å². The van der Waals surface area contributed by atoms with Crippen LogP contribution in [0.1, 0.15) is 31.9 Å². The molecule has 0 fully saturated rings. The lowest BCUT2D eigenvalue weighted by atomic mass is 9.94. The fourth-order valence-corrected chi connectivity index (χ4v) is 1.35. The second-order valence-electron chi connectivity index (χ2n) is 4.23. The molecular formula is C11H16FNO. The number of hydrogen-bond acceptors (Lipinski definition) is 2. The molecule has 0 aliphatic carbocycles. The number of aliphatic hydroxyl groups excluding tert-OH is 1. The summed E-state index contributed by atoms with van der Waals surface area (Å²) in [5.41, 5.74) is 5.55. The van der Waals surface area contributed by atoms with E-state index in [-0.39, 0.29) is 5.82 Å². The molecule has 0 saturated heterocycles. The van der Waals surface area contributed by atoms with E-state index in [0.29, 0.717) is 12.0 Å². The molecule has 0 amide bonds. The predicted octanol–water partition coefficient (Wildman–Crippen LogP) is 1.99. The summed E-state index contributed by atoms with van der Waals surface area (Å²) in [4.78, 5) is 0. The van der Waals surface area contributed by atoms with Crippen LogP contribution >= 0.6 is 0 Å². The van der Waals surface area contributed by atoms with E-state index in [2.05, 4.69) is 0 Å². The van der Waals surface area contributed by atoms with Gasteiger partial charge in [-0.25, -0.2) is 4.39 Å². The maximum Gasteiger partial charge on any atom is 0.128 e. The van der Waals surface area contributed by atoms with Crippen molar-refractivity contribution in [3.8, 4) is 0 Å². The van der Waals surface area contributed by atoms with Gasteiger partial charge in [0.1, 0.15) is 5.82 Å². The third-order valence-electron chi connectivity index (χ3n) is 1.98. The topological polar surface area (TPSA) is 46.2 Å². The van der Waals surface area contributed by atoms with Gasteiger partial charge >= 0.3 is 0 Å². The monoisotopic (exact) mass is 197 g/mol. The van der Waals surface area contributed by atoms with Crippen LogP contribution in [0.15, 0.2) is 24.3 Å². The highest BCUT2D eigenvalue weighted by atomic mass is 19.1. The van der Waals surface area contributed by atoms with Gasteiger partial charge in [-0.05, 0) is 26.3 Å². The number of rotatable bonds is 3. The molecule has 0 aromatic heterocycles. The summed E-state index contributed by atoms with van der Waals surface area (Å²) in [6.07, 6.45) is -0.496. The molecule has 2 nitrogen and oxygen atoms in total. The van der Waals surface area contributed by atoms with Crippen LogP contribution in [0.5, 0.6) is 0 Å². The van der Waals surface area contributed by atoms with E-state index in [0.717, 1.165) is 0 Å². The first kappa shape index (κ1) is 11.1. The zero-order chi connectivity index (χ0) is 10.8. The Labute approximate surface area is 83.6 Å². The van der Waals surface area contributed by atoms with Gasteiger partial charge in [0.15, 0.2) is 0 Å². The lowest BCUT2D eigenvalue weighted by Gasteiger charge is -2.22. The Morgan fingerprint density at radius 1 is 1.43 bits per heavy atom. The normalized spacial score (nSPS) is 14.1. The summed E-state index contributed by atoms with van der Waals surface area (Å²) >= 11 is 0. The molecule has 1 rings (SSSR count). The Bertz CT molecular complexity index is 306. The summed E-state index contributed by atoms with van der Waals surface area (Å²) in [7, 11) is 0. The summed E-state index contributed by atoms with van der Waals surface area (Å²) in [5, 5.41) is 9.72. The highest BCUT2D eigenvalue weighted by Crippen LogP contribution is 2.23. The molecule has 3 N–H and O–H groups in total. The molecule has 0 radical (unpaired) electrons. The molecule has 14 heavy (non-hydrogen) atoms. The summed E-state index contributed by atoms with van der Waals surface area (Å²) in [6, 6.07) is 6.21. The summed E-state index contributed by atoms with van der Waals surface area (Å²) in [6.45, 7) is 3.61. The van der Waals surface area contributed by atoms with E-state index >= 15 is 0 Å². The lowest BCUT2D eigenvalue weighted by molar-refractivity contribution is 0.138. The van der Waals surface area contributed by atoms with E-state index in [9.17, 15) is 9.50 Å². The third kappa shape index (κ3) is 3.09. The Morgan fingerprint density at radius 3 is 2.50 bits per heavy atom. The largest absolute Gasteiger partial charge is 0.388 e. The molecular weight excluding hydrogens is 181 g/mol. The molecule has 3 heteroatoms. The first-order valence-corrected chi connectivity index (χ1v) is 4.61.